The molecule has 0 saturated carbocycles. The van der Waals surface area contributed by atoms with Gasteiger partial charge in [0, 0.05) is 11.3 Å². The molecule has 0 saturated heterocycles. The molecule has 3 nitrogen and oxygen atoms in total. The standard InChI is InChI=1S/C18H19FN2OS/c1-2-3-5-13-8-10-16(11-9-13)20-18(23)21-17(22)14-6-4-7-15(19)12-14/h4,6-12H,2-3,5H2,1H3,(H2,20,21,22,23). The fourth-order valence-electron chi connectivity index (χ4n) is 2.10. The van der Waals surface area contributed by atoms with E-state index in [1.54, 1.807) is 0 Å². The summed E-state index contributed by atoms with van der Waals surface area (Å²) in [5, 5.41) is 5.66. The molecule has 5 heteroatoms. The third-order valence-electron chi connectivity index (χ3n) is 3.34. The molecule has 0 aliphatic rings. The van der Waals surface area contributed by atoms with Crippen LogP contribution in [0.3, 0.4) is 0 Å². The lowest BCUT2D eigenvalue weighted by molar-refractivity contribution is 0.0977. The van der Waals surface area contributed by atoms with Crippen molar-refractivity contribution in [3.8, 4) is 0 Å². The Morgan fingerprint density at radius 1 is 1.17 bits per heavy atom. The summed E-state index contributed by atoms with van der Waals surface area (Å²) in [6, 6.07) is 13.4. The average molecular weight is 330 g/mol. The number of amides is 1. The van der Waals surface area contributed by atoms with Crippen molar-refractivity contribution in [1.82, 2.24) is 5.32 Å². The molecule has 0 unspecified atom stereocenters. The largest absolute Gasteiger partial charge is 0.332 e. The second kappa shape index (κ2) is 8.39. The highest BCUT2D eigenvalue weighted by molar-refractivity contribution is 7.80. The maximum absolute atomic E-state index is 13.1. The Hall–Kier alpha value is -2.27. The van der Waals surface area contributed by atoms with Crippen molar-refractivity contribution in [3.63, 3.8) is 0 Å². The van der Waals surface area contributed by atoms with Gasteiger partial charge in [-0.1, -0.05) is 31.5 Å². The first-order valence-corrected chi connectivity index (χ1v) is 7.96. The summed E-state index contributed by atoms with van der Waals surface area (Å²) in [7, 11) is 0. The van der Waals surface area contributed by atoms with Crippen molar-refractivity contribution >= 4 is 28.9 Å². The molecule has 0 fully saturated rings. The van der Waals surface area contributed by atoms with Gasteiger partial charge in [0.15, 0.2) is 5.11 Å². The van der Waals surface area contributed by atoms with E-state index in [2.05, 4.69) is 17.6 Å². The number of hydrogen-bond acceptors (Lipinski definition) is 2. The number of carbonyl (C=O) groups excluding carboxylic acids is 1. The fourth-order valence-corrected chi connectivity index (χ4v) is 2.31. The maximum Gasteiger partial charge on any atom is 0.257 e. The van der Waals surface area contributed by atoms with Crippen molar-refractivity contribution < 1.29 is 9.18 Å². The molecule has 0 aliphatic carbocycles. The zero-order chi connectivity index (χ0) is 16.7. The van der Waals surface area contributed by atoms with Crippen LogP contribution in [0.15, 0.2) is 48.5 Å². The van der Waals surface area contributed by atoms with Crippen LogP contribution in [0, 0.1) is 5.82 Å². The molecule has 2 aromatic rings. The van der Waals surface area contributed by atoms with Gasteiger partial charge in [-0.05, 0) is 61.0 Å². The van der Waals surface area contributed by atoms with Gasteiger partial charge in [0.2, 0.25) is 0 Å². The van der Waals surface area contributed by atoms with Gasteiger partial charge < -0.3 is 5.32 Å². The van der Waals surface area contributed by atoms with Crippen LogP contribution in [0.4, 0.5) is 10.1 Å². The molecule has 0 radical (unpaired) electrons. The van der Waals surface area contributed by atoms with E-state index < -0.39 is 11.7 Å². The van der Waals surface area contributed by atoms with Crippen molar-refractivity contribution in [2.45, 2.75) is 26.2 Å². The first-order valence-electron chi connectivity index (χ1n) is 7.55. The summed E-state index contributed by atoms with van der Waals surface area (Å²) in [6.45, 7) is 2.16. The molecule has 0 aliphatic heterocycles. The molecule has 1 amide bonds. The Bertz CT molecular complexity index is 686. The summed E-state index contributed by atoms with van der Waals surface area (Å²) in [5.74, 6) is -0.902. The predicted octanol–water partition coefficient (Wildman–Crippen LogP) is 4.30. The van der Waals surface area contributed by atoms with E-state index in [1.165, 1.54) is 29.8 Å². The Kier molecular flexibility index (Phi) is 6.23. The molecule has 120 valence electrons. The van der Waals surface area contributed by atoms with E-state index in [0.717, 1.165) is 24.9 Å². The van der Waals surface area contributed by atoms with Crippen LogP contribution in [0.1, 0.15) is 35.7 Å². The minimum Gasteiger partial charge on any atom is -0.332 e. The van der Waals surface area contributed by atoms with Crippen LogP contribution in [0.5, 0.6) is 0 Å². The zero-order valence-electron chi connectivity index (χ0n) is 12.9. The lowest BCUT2D eigenvalue weighted by Gasteiger charge is -2.10. The first-order chi connectivity index (χ1) is 11.1. The monoisotopic (exact) mass is 330 g/mol. The van der Waals surface area contributed by atoms with Crippen molar-refractivity contribution in [2.24, 2.45) is 0 Å². The fraction of sp³-hybridized carbons (Fsp3) is 0.222. The summed E-state index contributed by atoms with van der Waals surface area (Å²) >= 11 is 5.11. The maximum atomic E-state index is 13.1. The van der Waals surface area contributed by atoms with E-state index in [0.29, 0.717) is 0 Å². The van der Waals surface area contributed by atoms with Gasteiger partial charge in [-0.2, -0.15) is 0 Å². The first kappa shape index (κ1) is 17.1. The number of rotatable bonds is 5. The van der Waals surface area contributed by atoms with Gasteiger partial charge in [-0.25, -0.2) is 4.39 Å². The van der Waals surface area contributed by atoms with Gasteiger partial charge in [0.1, 0.15) is 5.82 Å². The molecule has 2 aromatic carbocycles. The van der Waals surface area contributed by atoms with Crippen molar-refractivity contribution in [1.29, 1.82) is 0 Å². The second-order valence-electron chi connectivity index (χ2n) is 5.22. The number of aryl methyl sites for hydroxylation is 1. The van der Waals surface area contributed by atoms with Gasteiger partial charge in [-0.15, -0.1) is 0 Å². The van der Waals surface area contributed by atoms with Gasteiger partial charge in [-0.3, -0.25) is 10.1 Å². The van der Waals surface area contributed by atoms with Gasteiger partial charge >= 0.3 is 0 Å². The molecule has 0 spiro atoms. The summed E-state index contributed by atoms with van der Waals surface area (Å²) in [4.78, 5) is 12.0. The van der Waals surface area contributed by atoms with E-state index in [-0.39, 0.29) is 10.7 Å². The van der Waals surface area contributed by atoms with Crippen LogP contribution >= 0.6 is 12.2 Å². The SMILES string of the molecule is CCCCc1ccc(NC(=S)NC(=O)c2cccc(F)c2)cc1. The Morgan fingerprint density at radius 2 is 1.91 bits per heavy atom. The third-order valence-corrected chi connectivity index (χ3v) is 3.55. The number of anilines is 1. The van der Waals surface area contributed by atoms with Crippen molar-refractivity contribution in [3.05, 3.63) is 65.5 Å². The minimum absolute atomic E-state index is 0.181. The zero-order valence-corrected chi connectivity index (χ0v) is 13.8. The quantitative estimate of drug-likeness (QED) is 0.803. The molecule has 2 N–H and O–H groups in total. The number of hydrogen-bond donors (Lipinski definition) is 2. The van der Waals surface area contributed by atoms with Crippen LogP contribution in [0.2, 0.25) is 0 Å². The number of unbranched alkanes of at least 4 members (excludes halogenated alkanes) is 1. The molecule has 2 rings (SSSR count). The van der Waals surface area contributed by atoms with E-state index in [1.807, 2.05) is 24.3 Å². The minimum atomic E-state index is -0.459. The summed E-state index contributed by atoms with van der Waals surface area (Å²) < 4.78 is 13.1. The molecule has 23 heavy (non-hydrogen) atoms. The van der Waals surface area contributed by atoms with Crippen LogP contribution in [-0.2, 0) is 6.42 Å². The van der Waals surface area contributed by atoms with E-state index in [4.69, 9.17) is 12.2 Å². The van der Waals surface area contributed by atoms with Crippen LogP contribution in [-0.4, -0.2) is 11.0 Å². The smallest absolute Gasteiger partial charge is 0.257 e. The molecule has 0 bridgehead atoms. The topological polar surface area (TPSA) is 41.1 Å². The highest BCUT2D eigenvalue weighted by Gasteiger charge is 2.08. The number of nitrogens with one attached hydrogen (secondary N) is 2. The number of benzene rings is 2. The summed E-state index contributed by atoms with van der Waals surface area (Å²) in [6.07, 6.45) is 3.38. The lowest BCUT2D eigenvalue weighted by atomic mass is 10.1. The second-order valence-corrected chi connectivity index (χ2v) is 5.63. The average Bonchev–Trinajstić information content (AvgIpc) is 2.54. The number of thiocarbonyl (C=S) groups is 1. The Labute approximate surface area is 140 Å². The molecule has 0 atom stereocenters. The van der Waals surface area contributed by atoms with Crippen LogP contribution < -0.4 is 10.6 Å². The van der Waals surface area contributed by atoms with Gasteiger partial charge in [0.05, 0.1) is 0 Å². The lowest BCUT2D eigenvalue weighted by Crippen LogP contribution is -2.34. The third kappa shape index (κ3) is 5.45. The highest BCUT2D eigenvalue weighted by Crippen LogP contribution is 2.12. The normalized spacial score (nSPS) is 10.2. The molecule has 0 heterocycles. The van der Waals surface area contributed by atoms with Gasteiger partial charge in [0.25, 0.3) is 5.91 Å². The number of halogens is 1. The number of carbonyl (C=O) groups is 1. The Balaban J connectivity index is 1.90. The molecular weight excluding hydrogens is 311 g/mol. The molecular formula is C18H19FN2OS. The van der Waals surface area contributed by atoms with E-state index >= 15 is 0 Å². The highest BCUT2D eigenvalue weighted by atomic mass is 32.1. The van der Waals surface area contributed by atoms with Crippen LogP contribution in [0.25, 0.3) is 0 Å². The summed E-state index contributed by atoms with van der Waals surface area (Å²) in [5.41, 5.74) is 2.30. The predicted molar refractivity (Wildman–Crippen MR) is 95.1 cm³/mol. The van der Waals surface area contributed by atoms with E-state index in [9.17, 15) is 9.18 Å². The Morgan fingerprint density at radius 3 is 2.57 bits per heavy atom. The molecule has 0 aromatic heterocycles. The van der Waals surface area contributed by atoms with Crippen molar-refractivity contribution in [2.75, 3.05) is 5.32 Å².